The number of aliphatic hydroxyl groups excluding tert-OH is 1. The van der Waals surface area contributed by atoms with Crippen molar-refractivity contribution < 1.29 is 14.3 Å². The van der Waals surface area contributed by atoms with Crippen LogP contribution in [0.2, 0.25) is 0 Å². The third kappa shape index (κ3) is 4.32. The SMILES string of the molecule is O=C(NC1CCC(n2nnc(-c3ccccc3)n2)CC1)C(O)c1ccccc1F. The van der Waals surface area contributed by atoms with Crippen molar-refractivity contribution in [1.29, 1.82) is 0 Å². The minimum Gasteiger partial charge on any atom is -0.378 e. The number of carbonyl (C=O) groups excluding carboxylic acids is 1. The Morgan fingerprint density at radius 3 is 2.48 bits per heavy atom. The Morgan fingerprint density at radius 2 is 1.76 bits per heavy atom. The predicted molar refractivity (Wildman–Crippen MR) is 104 cm³/mol. The van der Waals surface area contributed by atoms with E-state index in [9.17, 15) is 14.3 Å². The van der Waals surface area contributed by atoms with Gasteiger partial charge in [0.15, 0.2) is 6.10 Å². The van der Waals surface area contributed by atoms with Gasteiger partial charge in [0, 0.05) is 17.2 Å². The van der Waals surface area contributed by atoms with Crippen LogP contribution in [0.3, 0.4) is 0 Å². The van der Waals surface area contributed by atoms with Gasteiger partial charge in [-0.3, -0.25) is 4.79 Å². The second kappa shape index (κ2) is 8.48. The maximum absolute atomic E-state index is 13.8. The van der Waals surface area contributed by atoms with E-state index < -0.39 is 17.8 Å². The van der Waals surface area contributed by atoms with Crippen LogP contribution in [0, 0.1) is 5.82 Å². The van der Waals surface area contributed by atoms with Gasteiger partial charge < -0.3 is 10.4 Å². The van der Waals surface area contributed by atoms with Gasteiger partial charge in [-0.05, 0) is 37.0 Å². The van der Waals surface area contributed by atoms with Crippen molar-refractivity contribution in [2.75, 3.05) is 0 Å². The molecule has 3 aromatic rings. The lowest BCUT2D eigenvalue weighted by Gasteiger charge is -2.28. The molecule has 2 aromatic carbocycles. The van der Waals surface area contributed by atoms with Crippen LogP contribution in [-0.4, -0.2) is 37.3 Å². The van der Waals surface area contributed by atoms with Gasteiger partial charge in [-0.15, -0.1) is 10.2 Å². The fourth-order valence-electron chi connectivity index (χ4n) is 3.65. The van der Waals surface area contributed by atoms with E-state index in [0.717, 1.165) is 31.2 Å². The summed E-state index contributed by atoms with van der Waals surface area (Å²) in [6, 6.07) is 15.5. The first-order valence-corrected chi connectivity index (χ1v) is 9.69. The molecule has 1 atom stereocenters. The number of benzene rings is 2. The third-order valence-corrected chi connectivity index (χ3v) is 5.28. The van der Waals surface area contributed by atoms with Gasteiger partial charge >= 0.3 is 0 Å². The number of aliphatic hydroxyl groups is 1. The molecule has 0 bridgehead atoms. The smallest absolute Gasteiger partial charge is 0.253 e. The summed E-state index contributed by atoms with van der Waals surface area (Å²) in [5, 5.41) is 25.8. The number of amides is 1. The van der Waals surface area contributed by atoms with Crippen molar-refractivity contribution in [3.05, 3.63) is 66.0 Å². The number of aromatic nitrogens is 4. The van der Waals surface area contributed by atoms with Crippen LogP contribution in [0.25, 0.3) is 11.4 Å². The zero-order chi connectivity index (χ0) is 20.2. The normalized spacial score (nSPS) is 20.2. The van der Waals surface area contributed by atoms with E-state index in [0.29, 0.717) is 5.82 Å². The molecule has 150 valence electrons. The number of nitrogens with zero attached hydrogens (tertiary/aromatic N) is 4. The zero-order valence-electron chi connectivity index (χ0n) is 15.8. The molecule has 0 radical (unpaired) electrons. The molecule has 0 aliphatic heterocycles. The van der Waals surface area contributed by atoms with Crippen molar-refractivity contribution in [3.8, 4) is 11.4 Å². The summed E-state index contributed by atoms with van der Waals surface area (Å²) in [6.07, 6.45) is 1.50. The molecule has 1 fully saturated rings. The molecular formula is C21H22FN5O2. The summed E-state index contributed by atoms with van der Waals surface area (Å²) in [5.74, 6) is -0.580. The molecule has 4 rings (SSSR count). The summed E-state index contributed by atoms with van der Waals surface area (Å²) in [6.45, 7) is 0. The van der Waals surface area contributed by atoms with E-state index in [2.05, 4.69) is 20.7 Å². The fourth-order valence-corrected chi connectivity index (χ4v) is 3.65. The summed E-state index contributed by atoms with van der Waals surface area (Å²) in [7, 11) is 0. The average Bonchev–Trinajstić information content (AvgIpc) is 3.25. The van der Waals surface area contributed by atoms with Crippen LogP contribution >= 0.6 is 0 Å². The quantitative estimate of drug-likeness (QED) is 0.693. The van der Waals surface area contributed by atoms with Gasteiger partial charge in [0.1, 0.15) is 5.82 Å². The first kappa shape index (κ1) is 19.2. The Kier molecular flexibility index (Phi) is 5.62. The van der Waals surface area contributed by atoms with Gasteiger partial charge in [-0.1, -0.05) is 48.5 Å². The molecule has 8 heteroatoms. The van der Waals surface area contributed by atoms with Crippen molar-refractivity contribution >= 4 is 5.91 Å². The van der Waals surface area contributed by atoms with Crippen LogP contribution in [0.4, 0.5) is 4.39 Å². The molecule has 0 spiro atoms. The number of rotatable bonds is 5. The molecule has 1 unspecified atom stereocenters. The van der Waals surface area contributed by atoms with Crippen LogP contribution in [0.5, 0.6) is 0 Å². The van der Waals surface area contributed by atoms with Gasteiger partial charge in [-0.2, -0.15) is 4.80 Å². The average molecular weight is 395 g/mol. The number of hydrogen-bond donors (Lipinski definition) is 2. The van der Waals surface area contributed by atoms with Gasteiger partial charge in [0.05, 0.1) is 6.04 Å². The largest absolute Gasteiger partial charge is 0.378 e. The van der Waals surface area contributed by atoms with Crippen LogP contribution in [0.15, 0.2) is 54.6 Å². The number of tetrazole rings is 1. The maximum atomic E-state index is 13.8. The predicted octanol–water partition coefficient (Wildman–Crippen LogP) is 2.81. The topological polar surface area (TPSA) is 92.9 Å². The summed E-state index contributed by atoms with van der Waals surface area (Å²) in [5.41, 5.74) is 0.903. The van der Waals surface area contributed by atoms with Crippen molar-refractivity contribution in [1.82, 2.24) is 25.5 Å². The molecular weight excluding hydrogens is 373 g/mol. The highest BCUT2D eigenvalue weighted by Crippen LogP contribution is 2.28. The fraction of sp³-hybridized carbons (Fsp3) is 0.333. The molecule has 1 amide bonds. The van der Waals surface area contributed by atoms with E-state index in [1.54, 1.807) is 10.9 Å². The lowest BCUT2D eigenvalue weighted by molar-refractivity contribution is -0.130. The van der Waals surface area contributed by atoms with E-state index in [1.807, 2.05) is 30.3 Å². The molecule has 1 aromatic heterocycles. The molecule has 0 saturated heterocycles. The highest BCUT2D eigenvalue weighted by atomic mass is 19.1. The standard InChI is InChI=1S/C21H22FN5O2/c22-18-9-5-4-8-17(18)19(28)21(29)23-15-10-12-16(13-11-15)27-25-20(24-26-27)14-6-2-1-3-7-14/h1-9,15-16,19,28H,10-13H2,(H,23,29). The first-order valence-electron chi connectivity index (χ1n) is 9.69. The Hall–Kier alpha value is -3.13. The second-order valence-electron chi connectivity index (χ2n) is 7.24. The maximum Gasteiger partial charge on any atom is 0.253 e. The van der Waals surface area contributed by atoms with Gasteiger partial charge in [-0.25, -0.2) is 4.39 Å². The number of nitrogens with one attached hydrogen (secondary N) is 1. The van der Waals surface area contributed by atoms with E-state index >= 15 is 0 Å². The molecule has 1 aliphatic carbocycles. The van der Waals surface area contributed by atoms with Crippen molar-refractivity contribution in [3.63, 3.8) is 0 Å². The molecule has 1 aliphatic rings. The van der Waals surface area contributed by atoms with Crippen LogP contribution in [-0.2, 0) is 4.79 Å². The van der Waals surface area contributed by atoms with Crippen molar-refractivity contribution in [2.24, 2.45) is 0 Å². The van der Waals surface area contributed by atoms with E-state index in [1.165, 1.54) is 18.2 Å². The van der Waals surface area contributed by atoms with Crippen LogP contribution in [0.1, 0.15) is 43.4 Å². The Labute approximate surface area is 167 Å². The van der Waals surface area contributed by atoms with E-state index in [4.69, 9.17) is 0 Å². The number of hydrogen-bond acceptors (Lipinski definition) is 5. The summed E-state index contributed by atoms with van der Waals surface area (Å²) in [4.78, 5) is 14.0. The number of carbonyl (C=O) groups is 1. The molecule has 1 saturated carbocycles. The highest BCUT2D eigenvalue weighted by Gasteiger charge is 2.28. The van der Waals surface area contributed by atoms with Crippen molar-refractivity contribution in [2.45, 2.75) is 43.9 Å². The van der Waals surface area contributed by atoms with Gasteiger partial charge in [0.2, 0.25) is 5.82 Å². The molecule has 2 N–H and O–H groups in total. The Balaban J connectivity index is 1.32. The lowest BCUT2D eigenvalue weighted by Crippen LogP contribution is -2.40. The monoisotopic (exact) mass is 395 g/mol. The summed E-state index contributed by atoms with van der Waals surface area (Å²) >= 11 is 0. The highest BCUT2D eigenvalue weighted by molar-refractivity contribution is 5.82. The lowest BCUT2D eigenvalue weighted by atomic mass is 9.91. The summed E-state index contributed by atoms with van der Waals surface area (Å²) < 4.78 is 13.8. The number of halogens is 1. The molecule has 1 heterocycles. The van der Waals surface area contributed by atoms with E-state index in [-0.39, 0.29) is 17.6 Å². The zero-order valence-corrected chi connectivity index (χ0v) is 15.8. The third-order valence-electron chi connectivity index (χ3n) is 5.28. The van der Waals surface area contributed by atoms with Gasteiger partial charge in [0.25, 0.3) is 5.91 Å². The molecule has 7 nitrogen and oxygen atoms in total. The van der Waals surface area contributed by atoms with Crippen LogP contribution < -0.4 is 5.32 Å². The second-order valence-corrected chi connectivity index (χ2v) is 7.24. The minimum atomic E-state index is -1.51. The minimum absolute atomic E-state index is 0.0149. The molecule has 29 heavy (non-hydrogen) atoms. The Morgan fingerprint density at radius 1 is 1.07 bits per heavy atom. The Bertz CT molecular complexity index is 970. The first-order chi connectivity index (χ1) is 14.1.